The largest absolute Gasteiger partial charge is 0.274 e. The molecule has 0 spiro atoms. The van der Waals surface area contributed by atoms with Crippen LogP contribution in [0.5, 0.6) is 0 Å². The Morgan fingerprint density at radius 3 is 1.83 bits per heavy atom. The van der Waals surface area contributed by atoms with E-state index in [0.717, 1.165) is 4.90 Å². The van der Waals surface area contributed by atoms with Crippen LogP contribution in [0.2, 0.25) is 0 Å². The molecule has 2 rings (SSSR count). The fourth-order valence-electron chi connectivity index (χ4n) is 3.13. The Hall–Kier alpha value is -1.29. The zero-order valence-corrected chi connectivity index (χ0v) is 16.1. The van der Waals surface area contributed by atoms with Gasteiger partial charge in [0.25, 0.3) is 0 Å². The van der Waals surface area contributed by atoms with Gasteiger partial charge in [0.1, 0.15) is 0 Å². The van der Waals surface area contributed by atoms with Gasteiger partial charge in [0, 0.05) is 4.90 Å². The van der Waals surface area contributed by atoms with Gasteiger partial charge in [-0.3, -0.25) is 14.5 Å². The SMILES string of the molecule is CC.CC(C)C1C(=O)N(c2ccc(S)cc2)C(=O)C1C(C)(C)C. The molecule has 0 radical (unpaired) electrons. The highest BCUT2D eigenvalue weighted by molar-refractivity contribution is 7.80. The maximum atomic E-state index is 12.8. The quantitative estimate of drug-likeness (QED) is 0.622. The van der Waals surface area contributed by atoms with E-state index in [1.165, 1.54) is 4.90 Å². The molecule has 0 saturated carbocycles. The number of thiol groups is 1. The molecule has 0 N–H and O–H groups in total. The van der Waals surface area contributed by atoms with Crippen LogP contribution in [0.3, 0.4) is 0 Å². The topological polar surface area (TPSA) is 37.4 Å². The molecular formula is C19H29NO2S. The molecule has 2 unspecified atom stereocenters. The number of hydrogen-bond donors (Lipinski definition) is 1. The van der Waals surface area contributed by atoms with Crippen LogP contribution in [0.4, 0.5) is 5.69 Å². The minimum Gasteiger partial charge on any atom is -0.274 e. The molecule has 1 aromatic rings. The Morgan fingerprint density at radius 2 is 1.48 bits per heavy atom. The van der Waals surface area contributed by atoms with Crippen molar-refractivity contribution in [2.24, 2.45) is 23.2 Å². The first-order chi connectivity index (χ1) is 10.6. The van der Waals surface area contributed by atoms with Crippen molar-refractivity contribution in [3.63, 3.8) is 0 Å². The van der Waals surface area contributed by atoms with Crippen LogP contribution in [-0.2, 0) is 9.59 Å². The molecule has 2 amide bonds. The Labute approximate surface area is 145 Å². The van der Waals surface area contributed by atoms with Gasteiger partial charge >= 0.3 is 0 Å². The summed E-state index contributed by atoms with van der Waals surface area (Å²) >= 11 is 4.24. The minimum atomic E-state index is -0.277. The summed E-state index contributed by atoms with van der Waals surface area (Å²) in [7, 11) is 0. The number of carbonyl (C=O) groups is 2. The molecule has 2 atom stereocenters. The smallest absolute Gasteiger partial charge is 0.238 e. The highest BCUT2D eigenvalue weighted by Gasteiger charge is 2.53. The van der Waals surface area contributed by atoms with Gasteiger partial charge < -0.3 is 0 Å². The minimum absolute atomic E-state index is 0.0816. The average Bonchev–Trinajstić information content (AvgIpc) is 2.73. The zero-order valence-electron chi connectivity index (χ0n) is 15.3. The number of anilines is 1. The average molecular weight is 336 g/mol. The van der Waals surface area contributed by atoms with Crippen LogP contribution >= 0.6 is 12.6 Å². The first-order valence-corrected chi connectivity index (χ1v) is 8.76. The van der Waals surface area contributed by atoms with E-state index >= 15 is 0 Å². The van der Waals surface area contributed by atoms with Crippen LogP contribution in [0.25, 0.3) is 0 Å². The van der Waals surface area contributed by atoms with Crippen molar-refractivity contribution in [2.45, 2.75) is 53.4 Å². The lowest BCUT2D eigenvalue weighted by atomic mass is 9.71. The van der Waals surface area contributed by atoms with Crippen molar-refractivity contribution in [3.05, 3.63) is 24.3 Å². The Bertz CT molecular complexity index is 558. The fourth-order valence-corrected chi connectivity index (χ4v) is 3.28. The van der Waals surface area contributed by atoms with E-state index in [-0.39, 0.29) is 35.0 Å². The van der Waals surface area contributed by atoms with E-state index in [4.69, 9.17) is 0 Å². The molecule has 1 aromatic carbocycles. The van der Waals surface area contributed by atoms with Crippen molar-refractivity contribution >= 4 is 30.1 Å². The lowest BCUT2D eigenvalue weighted by molar-refractivity contribution is -0.124. The molecule has 128 valence electrons. The van der Waals surface area contributed by atoms with E-state index in [1.807, 2.05) is 48.5 Å². The third-order valence-corrected chi connectivity index (χ3v) is 4.41. The van der Waals surface area contributed by atoms with Crippen LogP contribution in [0, 0.1) is 23.2 Å². The summed E-state index contributed by atoms with van der Waals surface area (Å²) in [5.41, 5.74) is 0.403. The van der Waals surface area contributed by atoms with Crippen molar-refractivity contribution in [2.75, 3.05) is 4.90 Å². The van der Waals surface area contributed by atoms with Crippen LogP contribution in [0.1, 0.15) is 48.5 Å². The predicted molar refractivity (Wildman–Crippen MR) is 98.8 cm³/mol. The number of imide groups is 1. The van der Waals surface area contributed by atoms with E-state index in [0.29, 0.717) is 5.69 Å². The highest BCUT2D eigenvalue weighted by atomic mass is 32.1. The van der Waals surface area contributed by atoms with Crippen LogP contribution in [-0.4, -0.2) is 11.8 Å². The molecule has 4 heteroatoms. The van der Waals surface area contributed by atoms with Crippen molar-refractivity contribution in [1.29, 1.82) is 0 Å². The molecule has 1 fully saturated rings. The third-order valence-electron chi connectivity index (χ3n) is 4.11. The molecule has 1 heterocycles. The summed E-state index contributed by atoms with van der Waals surface area (Å²) < 4.78 is 0. The molecule has 0 bridgehead atoms. The van der Waals surface area contributed by atoms with Crippen LogP contribution in [0.15, 0.2) is 29.2 Å². The summed E-state index contributed by atoms with van der Waals surface area (Å²) in [6.45, 7) is 14.1. The number of rotatable bonds is 2. The lowest BCUT2D eigenvalue weighted by Crippen LogP contribution is -2.34. The maximum absolute atomic E-state index is 12.8. The van der Waals surface area contributed by atoms with E-state index < -0.39 is 0 Å². The Balaban J connectivity index is 0.00000127. The molecule has 0 aliphatic carbocycles. The van der Waals surface area contributed by atoms with Crippen molar-refractivity contribution < 1.29 is 9.59 Å². The number of amides is 2. The number of carbonyl (C=O) groups excluding carboxylic acids is 2. The van der Waals surface area contributed by atoms with Gasteiger partial charge in [0.2, 0.25) is 11.8 Å². The van der Waals surface area contributed by atoms with Crippen molar-refractivity contribution in [3.8, 4) is 0 Å². The second kappa shape index (κ2) is 7.52. The van der Waals surface area contributed by atoms with E-state index in [2.05, 4.69) is 12.6 Å². The van der Waals surface area contributed by atoms with E-state index in [1.54, 1.807) is 24.3 Å². The predicted octanol–water partition coefficient (Wildman–Crippen LogP) is 4.81. The molecule has 23 heavy (non-hydrogen) atoms. The Morgan fingerprint density at radius 1 is 1.00 bits per heavy atom. The third kappa shape index (κ3) is 3.97. The number of hydrogen-bond acceptors (Lipinski definition) is 3. The standard InChI is InChI=1S/C17H23NO2S.C2H6/c1-10(2)13-14(17(3,4)5)16(20)18(15(13)19)11-6-8-12(21)9-7-11;1-2/h6-10,13-14,21H,1-5H3;1-2H3. The molecule has 1 saturated heterocycles. The first-order valence-electron chi connectivity index (χ1n) is 8.31. The number of nitrogens with zero attached hydrogens (tertiary/aromatic N) is 1. The monoisotopic (exact) mass is 335 g/mol. The summed E-state index contributed by atoms with van der Waals surface area (Å²) in [4.78, 5) is 27.8. The van der Waals surface area contributed by atoms with Gasteiger partial charge in [0.15, 0.2) is 0 Å². The van der Waals surface area contributed by atoms with Gasteiger partial charge in [0.05, 0.1) is 17.5 Å². The van der Waals surface area contributed by atoms with E-state index in [9.17, 15) is 9.59 Å². The first kappa shape index (κ1) is 19.8. The second-order valence-electron chi connectivity index (χ2n) is 7.14. The fraction of sp³-hybridized carbons (Fsp3) is 0.579. The second-order valence-corrected chi connectivity index (χ2v) is 7.66. The van der Waals surface area contributed by atoms with Gasteiger partial charge in [-0.15, -0.1) is 12.6 Å². The molecular weight excluding hydrogens is 306 g/mol. The van der Waals surface area contributed by atoms with Gasteiger partial charge in [-0.2, -0.15) is 0 Å². The summed E-state index contributed by atoms with van der Waals surface area (Å²) in [5, 5.41) is 0. The van der Waals surface area contributed by atoms with Crippen molar-refractivity contribution in [1.82, 2.24) is 0 Å². The molecule has 1 aliphatic heterocycles. The van der Waals surface area contributed by atoms with Gasteiger partial charge in [-0.25, -0.2) is 0 Å². The van der Waals surface area contributed by atoms with Gasteiger partial charge in [-0.1, -0.05) is 48.5 Å². The highest BCUT2D eigenvalue weighted by Crippen LogP contribution is 2.44. The zero-order chi connectivity index (χ0) is 17.9. The maximum Gasteiger partial charge on any atom is 0.238 e. The number of benzene rings is 1. The summed E-state index contributed by atoms with van der Waals surface area (Å²) in [6.07, 6.45) is 0. The van der Waals surface area contributed by atoms with Gasteiger partial charge in [-0.05, 0) is 35.6 Å². The normalized spacial score (nSPS) is 21.5. The summed E-state index contributed by atoms with van der Waals surface area (Å²) in [6, 6.07) is 7.16. The Kier molecular flexibility index (Phi) is 6.46. The lowest BCUT2D eigenvalue weighted by Gasteiger charge is -2.30. The molecule has 1 aliphatic rings. The van der Waals surface area contributed by atoms with Crippen LogP contribution < -0.4 is 4.90 Å². The molecule has 0 aromatic heterocycles. The molecule has 3 nitrogen and oxygen atoms in total. The summed E-state index contributed by atoms with van der Waals surface area (Å²) in [5.74, 6) is -0.561.